The highest BCUT2D eigenvalue weighted by atomic mass is 19.1. The summed E-state index contributed by atoms with van der Waals surface area (Å²) in [5.74, 6) is -0.113. The van der Waals surface area contributed by atoms with Gasteiger partial charge in [0.2, 0.25) is 0 Å². The van der Waals surface area contributed by atoms with Crippen LogP contribution in [0.4, 0.5) is 10.1 Å². The van der Waals surface area contributed by atoms with E-state index in [0.717, 1.165) is 0 Å². The van der Waals surface area contributed by atoms with Crippen LogP contribution in [0.15, 0.2) is 48.5 Å². The monoisotopic (exact) mass is 273 g/mol. The van der Waals surface area contributed by atoms with E-state index in [0.29, 0.717) is 11.4 Å². The van der Waals surface area contributed by atoms with E-state index >= 15 is 0 Å². The molecule has 0 fully saturated rings. The van der Waals surface area contributed by atoms with Crippen LogP contribution in [0.3, 0.4) is 0 Å². The Morgan fingerprint density at radius 3 is 2.60 bits per heavy atom. The zero-order valence-electron chi connectivity index (χ0n) is 11.4. The number of rotatable bonds is 4. The van der Waals surface area contributed by atoms with Crippen LogP contribution in [-0.4, -0.2) is 12.0 Å². The quantitative estimate of drug-likeness (QED) is 0.918. The molecule has 0 atom stereocenters. The average Bonchev–Trinajstić information content (AvgIpc) is 2.38. The normalized spacial score (nSPS) is 10.4. The number of amides is 1. The van der Waals surface area contributed by atoms with Gasteiger partial charge in [-0.05, 0) is 44.2 Å². The number of hydrogen-bond donors (Lipinski definition) is 1. The summed E-state index contributed by atoms with van der Waals surface area (Å²) in [5, 5.41) is 2.71. The summed E-state index contributed by atoms with van der Waals surface area (Å²) in [4.78, 5) is 12.0. The lowest BCUT2D eigenvalue weighted by atomic mass is 10.2. The minimum Gasteiger partial charge on any atom is -0.491 e. The van der Waals surface area contributed by atoms with E-state index in [-0.39, 0.29) is 17.6 Å². The Hall–Kier alpha value is -2.36. The molecule has 0 saturated heterocycles. The lowest BCUT2D eigenvalue weighted by Gasteiger charge is -2.11. The van der Waals surface area contributed by atoms with Crippen molar-refractivity contribution in [3.05, 3.63) is 59.9 Å². The summed E-state index contributed by atoms with van der Waals surface area (Å²) in [6.07, 6.45) is 0.0594. The molecule has 4 heteroatoms. The Morgan fingerprint density at radius 2 is 1.90 bits per heavy atom. The number of carbonyl (C=O) groups is 1. The van der Waals surface area contributed by atoms with E-state index in [1.165, 1.54) is 18.2 Å². The van der Waals surface area contributed by atoms with Gasteiger partial charge in [0.05, 0.1) is 6.10 Å². The van der Waals surface area contributed by atoms with Gasteiger partial charge in [-0.2, -0.15) is 0 Å². The maximum absolute atomic E-state index is 13.1. The van der Waals surface area contributed by atoms with Gasteiger partial charge in [0.15, 0.2) is 0 Å². The van der Waals surface area contributed by atoms with Gasteiger partial charge < -0.3 is 10.1 Å². The Bertz CT molecular complexity index is 611. The van der Waals surface area contributed by atoms with Crippen LogP contribution in [0, 0.1) is 5.82 Å². The molecule has 1 N–H and O–H groups in total. The standard InChI is InChI=1S/C16H16FNO2/c1-11(2)20-15-8-4-7-14(10-15)18-16(19)12-5-3-6-13(17)9-12/h3-11H,1-2H3,(H,18,19). The number of hydrogen-bond acceptors (Lipinski definition) is 2. The highest BCUT2D eigenvalue weighted by molar-refractivity contribution is 6.04. The van der Waals surface area contributed by atoms with Gasteiger partial charge in [0.1, 0.15) is 11.6 Å². The number of anilines is 1. The van der Waals surface area contributed by atoms with Gasteiger partial charge in [-0.25, -0.2) is 4.39 Å². The van der Waals surface area contributed by atoms with E-state index < -0.39 is 5.82 Å². The predicted octanol–water partition coefficient (Wildman–Crippen LogP) is 3.87. The van der Waals surface area contributed by atoms with Crippen LogP contribution in [0.2, 0.25) is 0 Å². The molecule has 0 aliphatic carbocycles. The van der Waals surface area contributed by atoms with Gasteiger partial charge in [-0.1, -0.05) is 12.1 Å². The van der Waals surface area contributed by atoms with E-state index in [1.807, 2.05) is 19.9 Å². The van der Waals surface area contributed by atoms with E-state index in [1.54, 1.807) is 24.3 Å². The second-order valence-corrected chi connectivity index (χ2v) is 4.66. The zero-order valence-corrected chi connectivity index (χ0v) is 11.4. The minimum atomic E-state index is -0.436. The van der Waals surface area contributed by atoms with E-state index in [9.17, 15) is 9.18 Å². The van der Waals surface area contributed by atoms with Crippen LogP contribution in [0.1, 0.15) is 24.2 Å². The third-order valence-electron chi connectivity index (χ3n) is 2.55. The Balaban J connectivity index is 2.11. The number of carbonyl (C=O) groups excluding carboxylic acids is 1. The maximum Gasteiger partial charge on any atom is 0.255 e. The summed E-state index contributed by atoms with van der Waals surface area (Å²) in [6.45, 7) is 3.86. The maximum atomic E-state index is 13.1. The van der Waals surface area contributed by atoms with Gasteiger partial charge >= 0.3 is 0 Å². The molecule has 0 bridgehead atoms. The topological polar surface area (TPSA) is 38.3 Å². The first kappa shape index (κ1) is 14.1. The molecule has 0 aromatic heterocycles. The molecule has 0 radical (unpaired) electrons. The second-order valence-electron chi connectivity index (χ2n) is 4.66. The summed E-state index contributed by atoms with van der Waals surface area (Å²) < 4.78 is 18.6. The number of nitrogens with one attached hydrogen (secondary N) is 1. The molecule has 2 aromatic rings. The minimum absolute atomic E-state index is 0.0594. The van der Waals surface area contributed by atoms with Crippen molar-refractivity contribution in [3.8, 4) is 5.75 Å². The smallest absolute Gasteiger partial charge is 0.255 e. The first-order valence-electron chi connectivity index (χ1n) is 6.38. The number of halogens is 1. The largest absolute Gasteiger partial charge is 0.491 e. The third kappa shape index (κ3) is 3.82. The highest BCUT2D eigenvalue weighted by Crippen LogP contribution is 2.19. The van der Waals surface area contributed by atoms with Gasteiger partial charge in [-0.15, -0.1) is 0 Å². The molecular weight excluding hydrogens is 257 g/mol. The van der Waals surface area contributed by atoms with E-state index in [2.05, 4.69) is 5.32 Å². The molecule has 0 unspecified atom stereocenters. The second kappa shape index (κ2) is 6.19. The lowest BCUT2D eigenvalue weighted by Crippen LogP contribution is -2.12. The Labute approximate surface area is 117 Å². The van der Waals surface area contributed by atoms with Crippen LogP contribution in [0.25, 0.3) is 0 Å². The molecule has 104 valence electrons. The lowest BCUT2D eigenvalue weighted by molar-refractivity contribution is 0.102. The van der Waals surface area contributed by atoms with Gasteiger partial charge in [0.25, 0.3) is 5.91 Å². The molecule has 2 aromatic carbocycles. The number of ether oxygens (including phenoxy) is 1. The number of benzene rings is 2. The van der Waals surface area contributed by atoms with E-state index in [4.69, 9.17) is 4.74 Å². The van der Waals surface area contributed by atoms with Crippen molar-refractivity contribution in [1.29, 1.82) is 0 Å². The SMILES string of the molecule is CC(C)Oc1cccc(NC(=O)c2cccc(F)c2)c1. The molecule has 0 aliphatic rings. The summed E-state index contributed by atoms with van der Waals surface area (Å²) in [6, 6.07) is 12.7. The first-order valence-corrected chi connectivity index (χ1v) is 6.38. The first-order chi connectivity index (χ1) is 9.54. The average molecular weight is 273 g/mol. The van der Waals surface area contributed by atoms with Crippen molar-refractivity contribution in [2.24, 2.45) is 0 Å². The molecule has 0 aliphatic heterocycles. The fraction of sp³-hybridized carbons (Fsp3) is 0.188. The molecule has 1 amide bonds. The summed E-state index contributed by atoms with van der Waals surface area (Å²) in [5.41, 5.74) is 0.887. The van der Waals surface area contributed by atoms with Crippen molar-refractivity contribution in [2.75, 3.05) is 5.32 Å². The molecule has 2 rings (SSSR count). The summed E-state index contributed by atoms with van der Waals surface area (Å²) >= 11 is 0. The summed E-state index contributed by atoms with van der Waals surface area (Å²) in [7, 11) is 0. The Morgan fingerprint density at radius 1 is 1.15 bits per heavy atom. The van der Waals surface area contributed by atoms with Crippen LogP contribution >= 0.6 is 0 Å². The van der Waals surface area contributed by atoms with Crippen molar-refractivity contribution in [2.45, 2.75) is 20.0 Å². The van der Waals surface area contributed by atoms with Crippen LogP contribution < -0.4 is 10.1 Å². The van der Waals surface area contributed by atoms with Crippen molar-refractivity contribution < 1.29 is 13.9 Å². The van der Waals surface area contributed by atoms with Crippen molar-refractivity contribution in [1.82, 2.24) is 0 Å². The van der Waals surface area contributed by atoms with Crippen LogP contribution in [-0.2, 0) is 0 Å². The fourth-order valence-electron chi connectivity index (χ4n) is 1.75. The molecule has 0 spiro atoms. The fourth-order valence-corrected chi connectivity index (χ4v) is 1.75. The third-order valence-corrected chi connectivity index (χ3v) is 2.55. The molecule has 20 heavy (non-hydrogen) atoms. The predicted molar refractivity (Wildman–Crippen MR) is 76.6 cm³/mol. The molecule has 0 heterocycles. The zero-order chi connectivity index (χ0) is 14.5. The van der Waals surface area contributed by atoms with Gasteiger partial charge in [-0.3, -0.25) is 4.79 Å². The molecular formula is C16H16FNO2. The Kier molecular flexibility index (Phi) is 4.35. The highest BCUT2D eigenvalue weighted by Gasteiger charge is 2.07. The van der Waals surface area contributed by atoms with Crippen LogP contribution in [0.5, 0.6) is 5.75 Å². The van der Waals surface area contributed by atoms with Crippen molar-refractivity contribution in [3.63, 3.8) is 0 Å². The molecule has 0 saturated carbocycles. The van der Waals surface area contributed by atoms with Gasteiger partial charge in [0, 0.05) is 17.3 Å². The van der Waals surface area contributed by atoms with Crippen molar-refractivity contribution >= 4 is 11.6 Å². The molecule has 3 nitrogen and oxygen atoms in total.